The van der Waals surface area contributed by atoms with Gasteiger partial charge in [0.05, 0.1) is 5.75 Å². The van der Waals surface area contributed by atoms with Crippen LogP contribution in [0, 0.1) is 6.92 Å². The Kier molecular flexibility index (Phi) is 5.44. The molecule has 0 fully saturated rings. The van der Waals surface area contributed by atoms with Gasteiger partial charge in [-0.3, -0.25) is 0 Å². The number of ether oxygens (including phenoxy) is 3. The number of para-hydroxylation sites is 2. The highest BCUT2D eigenvalue weighted by molar-refractivity contribution is 7.98. The SMILES string of the molecule is Cc1cccc(OCc2nnc(SCc3noc([C@H]4COc5ccccc5O4)n3)o2)c1. The first-order chi connectivity index (χ1) is 15.2. The summed E-state index contributed by atoms with van der Waals surface area (Å²) in [5.74, 6) is 3.77. The maximum Gasteiger partial charge on any atom is 0.277 e. The average Bonchev–Trinajstić information content (AvgIpc) is 3.46. The highest BCUT2D eigenvalue weighted by atomic mass is 32.2. The maximum atomic E-state index is 5.89. The van der Waals surface area contributed by atoms with Crippen molar-refractivity contribution in [2.24, 2.45) is 0 Å². The molecule has 0 unspecified atom stereocenters. The van der Waals surface area contributed by atoms with Gasteiger partial charge >= 0.3 is 0 Å². The number of nitrogens with zero attached hydrogens (tertiary/aromatic N) is 4. The zero-order chi connectivity index (χ0) is 21.0. The third kappa shape index (κ3) is 4.64. The summed E-state index contributed by atoms with van der Waals surface area (Å²) in [7, 11) is 0. The van der Waals surface area contributed by atoms with Crippen LogP contribution < -0.4 is 14.2 Å². The molecule has 2 aromatic heterocycles. The summed E-state index contributed by atoms with van der Waals surface area (Å²) in [5, 5.41) is 12.4. The van der Waals surface area contributed by atoms with Crippen molar-refractivity contribution >= 4 is 11.8 Å². The first-order valence-electron chi connectivity index (χ1n) is 9.58. The Balaban J connectivity index is 1.14. The van der Waals surface area contributed by atoms with E-state index in [1.165, 1.54) is 11.8 Å². The molecule has 4 aromatic rings. The van der Waals surface area contributed by atoms with Crippen LogP contribution in [0.15, 0.2) is 62.7 Å². The van der Waals surface area contributed by atoms with Gasteiger partial charge in [0.1, 0.15) is 12.4 Å². The second kappa shape index (κ2) is 8.68. The minimum atomic E-state index is -0.449. The van der Waals surface area contributed by atoms with Gasteiger partial charge in [0.15, 0.2) is 23.9 Å². The van der Waals surface area contributed by atoms with E-state index in [-0.39, 0.29) is 6.61 Å². The van der Waals surface area contributed by atoms with E-state index in [9.17, 15) is 0 Å². The molecule has 0 aliphatic carbocycles. The first-order valence-corrected chi connectivity index (χ1v) is 10.6. The number of rotatable bonds is 7. The molecule has 0 saturated heterocycles. The number of benzene rings is 2. The van der Waals surface area contributed by atoms with E-state index >= 15 is 0 Å². The monoisotopic (exact) mass is 438 g/mol. The largest absolute Gasteiger partial charge is 0.485 e. The highest BCUT2D eigenvalue weighted by Gasteiger charge is 2.27. The van der Waals surface area contributed by atoms with E-state index in [0.717, 1.165) is 11.3 Å². The zero-order valence-electron chi connectivity index (χ0n) is 16.6. The molecular formula is C21H18N4O5S. The summed E-state index contributed by atoms with van der Waals surface area (Å²) in [5.41, 5.74) is 1.12. The maximum absolute atomic E-state index is 5.89. The van der Waals surface area contributed by atoms with Crippen molar-refractivity contribution in [1.29, 1.82) is 0 Å². The smallest absolute Gasteiger partial charge is 0.277 e. The lowest BCUT2D eigenvalue weighted by Crippen LogP contribution is -2.21. The molecule has 0 saturated carbocycles. The second-order valence-electron chi connectivity index (χ2n) is 6.77. The molecule has 0 N–H and O–H groups in total. The number of aromatic nitrogens is 4. The number of thioether (sulfide) groups is 1. The summed E-state index contributed by atoms with van der Waals surface area (Å²) in [4.78, 5) is 4.39. The molecule has 1 aliphatic heterocycles. The van der Waals surface area contributed by atoms with Crippen LogP contribution >= 0.6 is 11.8 Å². The summed E-state index contributed by atoms with van der Waals surface area (Å²) in [6.07, 6.45) is -0.449. The summed E-state index contributed by atoms with van der Waals surface area (Å²) < 4.78 is 28.2. The molecule has 10 heteroatoms. The lowest BCUT2D eigenvalue weighted by atomic mass is 10.2. The molecular weight excluding hydrogens is 420 g/mol. The van der Waals surface area contributed by atoms with E-state index in [1.807, 2.05) is 55.5 Å². The Morgan fingerprint density at radius 3 is 2.90 bits per heavy atom. The minimum absolute atomic E-state index is 0.198. The van der Waals surface area contributed by atoms with Crippen molar-refractivity contribution in [2.45, 2.75) is 30.6 Å². The Bertz CT molecular complexity index is 1180. The van der Waals surface area contributed by atoms with Crippen molar-refractivity contribution < 1.29 is 23.2 Å². The topological polar surface area (TPSA) is 106 Å². The predicted octanol–water partition coefficient (Wildman–Crippen LogP) is 4.14. The molecule has 158 valence electrons. The summed E-state index contributed by atoms with van der Waals surface area (Å²) in [6.45, 7) is 2.51. The van der Waals surface area contributed by atoms with Crippen molar-refractivity contribution in [3.05, 3.63) is 71.7 Å². The van der Waals surface area contributed by atoms with E-state index in [0.29, 0.717) is 46.7 Å². The second-order valence-corrected chi connectivity index (χ2v) is 7.70. The summed E-state index contributed by atoms with van der Waals surface area (Å²) in [6, 6.07) is 15.2. The van der Waals surface area contributed by atoms with Crippen LogP contribution in [0.2, 0.25) is 0 Å². The van der Waals surface area contributed by atoms with Crippen LogP contribution in [0.4, 0.5) is 0 Å². The Hall–Kier alpha value is -3.53. The van der Waals surface area contributed by atoms with E-state index in [4.69, 9.17) is 23.2 Å². The lowest BCUT2D eigenvalue weighted by Gasteiger charge is -2.23. The van der Waals surface area contributed by atoms with Gasteiger partial charge in [-0.15, -0.1) is 10.2 Å². The van der Waals surface area contributed by atoms with Crippen LogP contribution in [0.25, 0.3) is 0 Å². The van der Waals surface area contributed by atoms with Gasteiger partial charge in [0, 0.05) is 0 Å². The number of hydrogen-bond donors (Lipinski definition) is 0. The quantitative estimate of drug-likeness (QED) is 0.391. The third-order valence-corrected chi connectivity index (χ3v) is 5.21. The number of aryl methyl sites for hydroxylation is 1. The normalized spacial score (nSPS) is 15.1. The van der Waals surface area contributed by atoms with Crippen LogP contribution in [0.5, 0.6) is 17.2 Å². The number of hydrogen-bond acceptors (Lipinski definition) is 10. The van der Waals surface area contributed by atoms with Crippen molar-refractivity contribution in [3.8, 4) is 17.2 Å². The molecule has 3 heterocycles. The van der Waals surface area contributed by atoms with Crippen LogP contribution in [0.3, 0.4) is 0 Å². The molecule has 1 aliphatic rings. The summed E-state index contributed by atoms with van der Waals surface area (Å²) >= 11 is 1.31. The fraction of sp³-hybridized carbons (Fsp3) is 0.238. The van der Waals surface area contributed by atoms with Crippen LogP contribution in [0.1, 0.15) is 29.3 Å². The van der Waals surface area contributed by atoms with E-state index in [1.54, 1.807) is 0 Å². The molecule has 5 rings (SSSR count). The number of fused-ring (bicyclic) bond motifs is 1. The fourth-order valence-corrected chi connectivity index (χ4v) is 3.55. The van der Waals surface area contributed by atoms with Gasteiger partial charge in [-0.1, -0.05) is 41.2 Å². The van der Waals surface area contributed by atoms with Gasteiger partial charge in [-0.2, -0.15) is 4.98 Å². The molecule has 0 bridgehead atoms. The lowest BCUT2D eigenvalue weighted by molar-refractivity contribution is 0.0665. The van der Waals surface area contributed by atoms with Crippen molar-refractivity contribution in [2.75, 3.05) is 6.61 Å². The molecule has 9 nitrogen and oxygen atoms in total. The first kappa shape index (κ1) is 19.4. The molecule has 0 spiro atoms. The Morgan fingerprint density at radius 1 is 1.10 bits per heavy atom. The molecule has 0 amide bonds. The molecule has 2 aromatic carbocycles. The van der Waals surface area contributed by atoms with Crippen molar-refractivity contribution in [3.63, 3.8) is 0 Å². The highest BCUT2D eigenvalue weighted by Crippen LogP contribution is 2.35. The molecule has 1 atom stereocenters. The van der Waals surface area contributed by atoms with Crippen molar-refractivity contribution in [1.82, 2.24) is 20.3 Å². The van der Waals surface area contributed by atoms with Gasteiger partial charge in [0.2, 0.25) is 6.10 Å². The molecule has 0 radical (unpaired) electrons. The third-order valence-electron chi connectivity index (χ3n) is 4.39. The van der Waals surface area contributed by atoms with Crippen LogP contribution in [-0.2, 0) is 12.4 Å². The van der Waals surface area contributed by atoms with Crippen LogP contribution in [-0.4, -0.2) is 26.9 Å². The fourth-order valence-electron chi connectivity index (χ4n) is 2.93. The molecule has 31 heavy (non-hydrogen) atoms. The van der Waals surface area contributed by atoms with Gasteiger partial charge in [-0.25, -0.2) is 0 Å². The van der Waals surface area contributed by atoms with E-state index < -0.39 is 6.10 Å². The predicted molar refractivity (Wildman–Crippen MR) is 109 cm³/mol. The van der Waals surface area contributed by atoms with E-state index in [2.05, 4.69) is 20.3 Å². The Morgan fingerprint density at radius 2 is 2.00 bits per heavy atom. The van der Waals surface area contributed by atoms with Gasteiger partial charge in [-0.05, 0) is 36.8 Å². The average molecular weight is 438 g/mol. The van der Waals surface area contributed by atoms with Gasteiger partial charge in [0.25, 0.3) is 17.0 Å². The zero-order valence-corrected chi connectivity index (χ0v) is 17.4. The standard InChI is InChI=1S/C21H18N4O5S/c1-13-5-4-6-14(9-13)26-11-19-23-24-21(29-19)31-12-18-22-20(30-25-18)17-10-27-15-7-2-3-8-16(15)28-17/h2-9,17H,10-12H2,1H3/t17-/m1/s1. The van der Waals surface area contributed by atoms with Gasteiger partial charge < -0.3 is 23.2 Å². The Labute approximate surface area is 181 Å². The minimum Gasteiger partial charge on any atom is -0.485 e.